The molecule has 1 aromatic heterocycles. The Labute approximate surface area is 169 Å². The number of methoxy groups -OCH3 is 1. The van der Waals surface area contributed by atoms with Crippen molar-refractivity contribution in [1.82, 2.24) is 15.0 Å². The lowest BCUT2D eigenvalue weighted by molar-refractivity contribution is 0.193. The number of hydrogen-bond donors (Lipinski definition) is 1. The number of benzene rings is 2. The molecule has 7 nitrogen and oxygen atoms in total. The van der Waals surface area contributed by atoms with Crippen LogP contribution in [0.5, 0.6) is 5.75 Å². The topological polar surface area (TPSA) is 80.5 Å². The number of rotatable bonds is 4. The summed E-state index contributed by atoms with van der Waals surface area (Å²) in [6, 6.07) is 13.1. The number of carbonyl (C=O) groups excluding carboxylic acids is 1. The summed E-state index contributed by atoms with van der Waals surface area (Å²) in [4.78, 5) is 19.2. The first-order valence-electron chi connectivity index (χ1n) is 9.67. The minimum atomic E-state index is -0.229. The molecule has 0 bridgehead atoms. The molecule has 1 aliphatic heterocycles. The molecule has 2 heterocycles. The molecule has 0 aliphatic carbocycles. The van der Waals surface area contributed by atoms with Crippen molar-refractivity contribution in [3.05, 3.63) is 59.5 Å². The minimum absolute atomic E-state index is 0.154. The lowest BCUT2D eigenvalue weighted by atomic mass is 10.1. The Bertz CT molecular complexity index is 1010. The van der Waals surface area contributed by atoms with Crippen LogP contribution in [0.4, 0.5) is 10.5 Å². The average molecular weight is 392 g/mol. The van der Waals surface area contributed by atoms with E-state index in [2.05, 4.69) is 21.5 Å². The third-order valence-electron chi connectivity index (χ3n) is 5.04. The molecule has 29 heavy (non-hydrogen) atoms. The number of amides is 2. The van der Waals surface area contributed by atoms with Gasteiger partial charge in [0.2, 0.25) is 11.7 Å². The molecule has 1 atom stereocenters. The molecule has 7 heteroatoms. The lowest BCUT2D eigenvalue weighted by Gasteiger charge is -2.22. The van der Waals surface area contributed by atoms with Gasteiger partial charge < -0.3 is 19.5 Å². The molecular weight excluding hydrogens is 368 g/mol. The third kappa shape index (κ3) is 4.08. The van der Waals surface area contributed by atoms with E-state index in [0.29, 0.717) is 18.3 Å². The van der Waals surface area contributed by atoms with Gasteiger partial charge in [0.15, 0.2) is 0 Å². The van der Waals surface area contributed by atoms with Crippen molar-refractivity contribution in [2.75, 3.05) is 19.0 Å². The van der Waals surface area contributed by atoms with Gasteiger partial charge in [-0.15, -0.1) is 0 Å². The second kappa shape index (κ2) is 7.95. The Morgan fingerprint density at radius 3 is 2.76 bits per heavy atom. The van der Waals surface area contributed by atoms with Gasteiger partial charge in [0.05, 0.1) is 7.11 Å². The van der Waals surface area contributed by atoms with Crippen molar-refractivity contribution in [3.63, 3.8) is 0 Å². The first-order chi connectivity index (χ1) is 14.0. The Kier molecular flexibility index (Phi) is 5.20. The zero-order valence-corrected chi connectivity index (χ0v) is 16.8. The van der Waals surface area contributed by atoms with Crippen molar-refractivity contribution in [3.8, 4) is 17.1 Å². The van der Waals surface area contributed by atoms with Gasteiger partial charge in [-0.1, -0.05) is 23.4 Å². The number of nitrogens with one attached hydrogen (secondary N) is 1. The molecule has 1 aliphatic rings. The van der Waals surface area contributed by atoms with Gasteiger partial charge in [-0.3, -0.25) is 0 Å². The number of aryl methyl sites for hydroxylation is 2. The van der Waals surface area contributed by atoms with Crippen LogP contribution in [-0.4, -0.2) is 34.7 Å². The number of likely N-dealkylation sites (tertiary alicyclic amines) is 1. The summed E-state index contributed by atoms with van der Waals surface area (Å²) < 4.78 is 10.8. The summed E-state index contributed by atoms with van der Waals surface area (Å²) in [5.74, 6) is 1.67. The summed E-state index contributed by atoms with van der Waals surface area (Å²) in [7, 11) is 1.62. The molecule has 0 radical (unpaired) electrons. The summed E-state index contributed by atoms with van der Waals surface area (Å²) in [6.45, 7) is 4.68. The second-order valence-corrected chi connectivity index (χ2v) is 7.35. The lowest BCUT2D eigenvalue weighted by Crippen LogP contribution is -2.34. The van der Waals surface area contributed by atoms with Crippen molar-refractivity contribution in [2.24, 2.45) is 0 Å². The van der Waals surface area contributed by atoms with E-state index in [1.165, 1.54) is 0 Å². The van der Waals surface area contributed by atoms with Crippen molar-refractivity contribution in [2.45, 2.75) is 32.7 Å². The second-order valence-electron chi connectivity index (χ2n) is 7.35. The van der Waals surface area contributed by atoms with Crippen LogP contribution < -0.4 is 10.1 Å². The fraction of sp³-hybridized carbons (Fsp3) is 0.318. The van der Waals surface area contributed by atoms with Crippen LogP contribution in [0.1, 0.15) is 35.9 Å². The van der Waals surface area contributed by atoms with Gasteiger partial charge in [-0.25, -0.2) is 4.79 Å². The molecule has 1 fully saturated rings. The highest BCUT2D eigenvalue weighted by atomic mass is 16.5. The van der Waals surface area contributed by atoms with Crippen LogP contribution in [0.2, 0.25) is 0 Å². The molecule has 150 valence electrons. The van der Waals surface area contributed by atoms with Crippen molar-refractivity contribution < 1.29 is 14.1 Å². The summed E-state index contributed by atoms with van der Waals surface area (Å²) in [5.41, 5.74) is 3.82. The fourth-order valence-corrected chi connectivity index (χ4v) is 3.76. The van der Waals surface area contributed by atoms with E-state index in [4.69, 9.17) is 9.26 Å². The zero-order valence-electron chi connectivity index (χ0n) is 16.8. The number of urea groups is 1. The highest BCUT2D eigenvalue weighted by molar-refractivity contribution is 5.90. The Hall–Kier alpha value is -3.35. The number of nitrogens with zero attached hydrogens (tertiary/aromatic N) is 3. The van der Waals surface area contributed by atoms with E-state index in [0.717, 1.165) is 41.0 Å². The van der Waals surface area contributed by atoms with Gasteiger partial charge in [-0.05, 0) is 62.1 Å². The quantitative estimate of drug-likeness (QED) is 0.694. The van der Waals surface area contributed by atoms with Gasteiger partial charge in [-0.2, -0.15) is 4.98 Å². The molecule has 4 rings (SSSR count). The minimum Gasteiger partial charge on any atom is -0.497 e. The van der Waals surface area contributed by atoms with Crippen LogP contribution in [0.3, 0.4) is 0 Å². The van der Waals surface area contributed by atoms with Gasteiger partial charge >= 0.3 is 6.03 Å². The van der Waals surface area contributed by atoms with E-state index >= 15 is 0 Å². The monoisotopic (exact) mass is 392 g/mol. The molecule has 2 aromatic carbocycles. The molecule has 1 N–H and O–H groups in total. The van der Waals surface area contributed by atoms with Crippen LogP contribution in [-0.2, 0) is 0 Å². The highest BCUT2D eigenvalue weighted by Gasteiger charge is 2.34. The smallest absolute Gasteiger partial charge is 0.322 e. The maximum Gasteiger partial charge on any atom is 0.322 e. The Morgan fingerprint density at radius 1 is 1.21 bits per heavy atom. The third-order valence-corrected chi connectivity index (χ3v) is 5.04. The van der Waals surface area contributed by atoms with E-state index in [9.17, 15) is 4.79 Å². The number of anilines is 1. The predicted octanol–water partition coefficient (Wildman–Crippen LogP) is 4.73. The van der Waals surface area contributed by atoms with E-state index in [-0.39, 0.29) is 12.1 Å². The predicted molar refractivity (Wildman–Crippen MR) is 110 cm³/mol. The summed E-state index contributed by atoms with van der Waals surface area (Å²) >= 11 is 0. The number of ether oxygens (including phenoxy) is 1. The van der Waals surface area contributed by atoms with Crippen molar-refractivity contribution in [1.29, 1.82) is 0 Å². The maximum absolute atomic E-state index is 12.9. The van der Waals surface area contributed by atoms with E-state index < -0.39 is 0 Å². The van der Waals surface area contributed by atoms with Crippen LogP contribution >= 0.6 is 0 Å². The van der Waals surface area contributed by atoms with Gasteiger partial charge in [0.1, 0.15) is 11.8 Å². The van der Waals surface area contributed by atoms with Crippen LogP contribution in [0, 0.1) is 13.8 Å². The zero-order chi connectivity index (χ0) is 20.4. The fourth-order valence-electron chi connectivity index (χ4n) is 3.76. The number of aromatic nitrogens is 2. The Balaban J connectivity index is 1.52. The largest absolute Gasteiger partial charge is 0.497 e. The van der Waals surface area contributed by atoms with Crippen LogP contribution in [0.15, 0.2) is 47.0 Å². The van der Waals surface area contributed by atoms with E-state index in [1.807, 2.05) is 50.2 Å². The molecule has 0 unspecified atom stereocenters. The van der Waals surface area contributed by atoms with Gasteiger partial charge in [0.25, 0.3) is 0 Å². The SMILES string of the molecule is COc1cccc(-c2noc([C@H]3CCCN3C(=O)Nc3cc(C)cc(C)c3)n2)c1. The molecule has 0 saturated carbocycles. The molecule has 0 spiro atoms. The number of hydrogen-bond acceptors (Lipinski definition) is 5. The first kappa shape index (κ1) is 19.0. The first-order valence-corrected chi connectivity index (χ1v) is 9.67. The van der Waals surface area contributed by atoms with E-state index in [1.54, 1.807) is 12.0 Å². The maximum atomic E-state index is 12.9. The molecule has 3 aromatic rings. The van der Waals surface area contributed by atoms with Gasteiger partial charge in [0, 0.05) is 17.8 Å². The summed E-state index contributed by atoms with van der Waals surface area (Å²) in [5, 5.41) is 7.11. The average Bonchev–Trinajstić information content (AvgIpc) is 3.36. The Morgan fingerprint density at radius 2 is 2.00 bits per heavy atom. The molecule has 1 saturated heterocycles. The normalized spacial score (nSPS) is 16.1. The molecular formula is C22H24N4O3. The highest BCUT2D eigenvalue weighted by Crippen LogP contribution is 2.33. The van der Waals surface area contributed by atoms with Crippen LogP contribution in [0.25, 0.3) is 11.4 Å². The summed E-state index contributed by atoms with van der Waals surface area (Å²) in [6.07, 6.45) is 1.68. The standard InChI is InChI=1S/C22H24N4O3/c1-14-10-15(2)12-17(11-14)23-22(27)26-9-5-8-19(26)21-24-20(25-29-21)16-6-4-7-18(13-16)28-3/h4,6-7,10-13,19H,5,8-9H2,1-3H3,(H,23,27)/t19-/m1/s1. The molecule has 2 amide bonds. The number of carbonyl (C=O) groups is 1. The van der Waals surface area contributed by atoms with Crippen molar-refractivity contribution >= 4 is 11.7 Å².